The number of nitrogens with one attached hydrogen (secondary N) is 2. The number of hydrogen-bond donors (Lipinski definition) is 2. The van der Waals surface area contributed by atoms with E-state index in [1.54, 1.807) is 0 Å². The number of halogens is 1. The Bertz CT molecular complexity index is 1330. The molecule has 3 aromatic rings. The second kappa shape index (κ2) is 9.80. The van der Waals surface area contributed by atoms with Crippen LogP contribution in [0.5, 0.6) is 0 Å². The van der Waals surface area contributed by atoms with Crippen molar-refractivity contribution in [2.24, 2.45) is 0 Å². The maximum Gasteiger partial charge on any atom is 0.414 e. The van der Waals surface area contributed by atoms with Crippen LogP contribution >= 0.6 is 11.3 Å². The van der Waals surface area contributed by atoms with Crippen molar-refractivity contribution in [2.75, 3.05) is 23.3 Å². The van der Waals surface area contributed by atoms with Crippen LogP contribution in [0.25, 0.3) is 11.3 Å². The van der Waals surface area contributed by atoms with Crippen LogP contribution in [0.4, 0.5) is 25.0 Å². The minimum atomic E-state index is -0.679. The van der Waals surface area contributed by atoms with E-state index in [1.165, 1.54) is 42.2 Å². The lowest BCUT2D eigenvalue weighted by atomic mass is 10.1. The van der Waals surface area contributed by atoms with Crippen LogP contribution < -0.4 is 15.5 Å². The highest BCUT2D eigenvalue weighted by Crippen LogP contribution is 2.29. The smallest absolute Gasteiger partial charge is 0.414 e. The summed E-state index contributed by atoms with van der Waals surface area (Å²) in [7, 11) is 0. The molecule has 0 spiro atoms. The van der Waals surface area contributed by atoms with Crippen molar-refractivity contribution < 1.29 is 28.4 Å². The van der Waals surface area contributed by atoms with Gasteiger partial charge in [0.15, 0.2) is 5.13 Å². The van der Waals surface area contributed by atoms with E-state index in [2.05, 4.69) is 20.6 Å². The van der Waals surface area contributed by atoms with Crippen molar-refractivity contribution in [2.45, 2.75) is 13.0 Å². The summed E-state index contributed by atoms with van der Waals surface area (Å²) in [5, 5.41) is 15.6. The Labute approximate surface area is 200 Å². The van der Waals surface area contributed by atoms with Gasteiger partial charge in [-0.3, -0.25) is 29.9 Å². The molecule has 1 fully saturated rings. The number of rotatable bonds is 7. The highest BCUT2D eigenvalue weighted by molar-refractivity contribution is 7.18. The fourth-order valence-electron chi connectivity index (χ4n) is 3.26. The number of cyclic esters (lactones) is 1. The number of benzene rings is 1. The number of nitrogens with zero attached hydrogens (tertiary/aromatic N) is 4. The quantitative estimate of drug-likeness (QED) is 0.370. The second-order valence-electron chi connectivity index (χ2n) is 7.34. The number of nitro groups is 1. The van der Waals surface area contributed by atoms with Gasteiger partial charge in [-0.2, -0.15) is 0 Å². The molecule has 1 atom stereocenters. The van der Waals surface area contributed by atoms with Gasteiger partial charge in [0.25, 0.3) is 5.91 Å². The summed E-state index contributed by atoms with van der Waals surface area (Å²) >= 11 is 0.692. The van der Waals surface area contributed by atoms with E-state index in [1.807, 2.05) is 0 Å². The summed E-state index contributed by atoms with van der Waals surface area (Å²) in [5.41, 5.74) is 0.476. The van der Waals surface area contributed by atoms with E-state index in [0.29, 0.717) is 11.3 Å². The van der Waals surface area contributed by atoms with Crippen molar-refractivity contribution in [3.63, 3.8) is 0 Å². The molecule has 1 saturated heterocycles. The van der Waals surface area contributed by atoms with E-state index in [-0.39, 0.29) is 51.8 Å². The number of anilines is 2. The maximum absolute atomic E-state index is 15.0. The van der Waals surface area contributed by atoms with Crippen molar-refractivity contribution >= 4 is 45.1 Å². The first-order valence-corrected chi connectivity index (χ1v) is 10.9. The first-order chi connectivity index (χ1) is 16.7. The molecule has 14 heteroatoms. The monoisotopic (exact) mass is 500 g/mol. The highest BCUT2D eigenvalue weighted by Gasteiger charge is 2.32. The standard InChI is InChI=1S/C21H17FN6O6S/c1-11(29)23-8-13-10-27(21(31)34-13)12-5-6-14(15(22)7-12)16-3-2-4-17(25-16)19(30)26-20-24-9-18(35-20)28(32)33/h2-7,9,13H,8,10H2,1H3,(H,23,29)(H,24,26,30). The van der Waals surface area contributed by atoms with Gasteiger partial charge in [-0.05, 0) is 41.7 Å². The third-order valence-electron chi connectivity index (χ3n) is 4.87. The number of carbonyl (C=O) groups excluding carboxylic acids is 3. The third-order valence-corrected chi connectivity index (χ3v) is 5.73. The first kappa shape index (κ1) is 23.7. The van der Waals surface area contributed by atoms with Gasteiger partial charge >= 0.3 is 11.1 Å². The molecule has 2 aromatic heterocycles. The minimum absolute atomic E-state index is 0.0266. The maximum atomic E-state index is 15.0. The molecule has 0 bridgehead atoms. The number of hydrogen-bond acceptors (Lipinski definition) is 9. The molecule has 3 heterocycles. The van der Waals surface area contributed by atoms with Crippen LogP contribution in [0.1, 0.15) is 17.4 Å². The topological polar surface area (TPSA) is 157 Å². The molecule has 1 aromatic carbocycles. The largest absolute Gasteiger partial charge is 0.442 e. The minimum Gasteiger partial charge on any atom is -0.442 e. The molecular formula is C21H17FN6O6S. The van der Waals surface area contributed by atoms with E-state index >= 15 is 0 Å². The predicted octanol–water partition coefficient (Wildman–Crippen LogP) is 2.97. The molecule has 0 radical (unpaired) electrons. The van der Waals surface area contributed by atoms with Gasteiger partial charge in [0, 0.05) is 12.5 Å². The van der Waals surface area contributed by atoms with Crippen LogP contribution in [0, 0.1) is 15.9 Å². The molecule has 1 aliphatic rings. The lowest BCUT2D eigenvalue weighted by Crippen LogP contribution is -2.33. The summed E-state index contributed by atoms with van der Waals surface area (Å²) in [6, 6.07) is 8.52. The molecular weight excluding hydrogens is 483 g/mol. The lowest BCUT2D eigenvalue weighted by Gasteiger charge is -2.14. The van der Waals surface area contributed by atoms with E-state index in [0.717, 1.165) is 12.3 Å². The summed E-state index contributed by atoms with van der Waals surface area (Å²) in [4.78, 5) is 55.1. The van der Waals surface area contributed by atoms with Gasteiger partial charge in [0.05, 0.1) is 29.4 Å². The van der Waals surface area contributed by atoms with E-state index in [4.69, 9.17) is 4.74 Å². The Balaban J connectivity index is 1.49. The van der Waals surface area contributed by atoms with Crippen molar-refractivity contribution in [1.82, 2.24) is 15.3 Å². The molecule has 2 N–H and O–H groups in total. The van der Waals surface area contributed by atoms with Crippen molar-refractivity contribution in [1.29, 1.82) is 0 Å². The van der Waals surface area contributed by atoms with Crippen LogP contribution in [0.3, 0.4) is 0 Å². The Morgan fingerprint density at radius 3 is 2.83 bits per heavy atom. The van der Waals surface area contributed by atoms with Gasteiger partial charge in [0.1, 0.15) is 23.8 Å². The Hall–Kier alpha value is -4.46. The third kappa shape index (κ3) is 5.38. The van der Waals surface area contributed by atoms with Gasteiger partial charge in [0.2, 0.25) is 5.91 Å². The van der Waals surface area contributed by atoms with Crippen molar-refractivity contribution in [3.05, 3.63) is 64.2 Å². The zero-order valence-electron chi connectivity index (χ0n) is 18.1. The normalized spacial score (nSPS) is 15.0. The molecule has 0 aliphatic carbocycles. The van der Waals surface area contributed by atoms with Gasteiger partial charge in [-0.1, -0.05) is 6.07 Å². The van der Waals surface area contributed by atoms with E-state index in [9.17, 15) is 28.9 Å². The molecule has 1 aliphatic heterocycles. The molecule has 35 heavy (non-hydrogen) atoms. The first-order valence-electron chi connectivity index (χ1n) is 10.1. The zero-order chi connectivity index (χ0) is 25.1. The zero-order valence-corrected chi connectivity index (χ0v) is 18.9. The number of carbonyl (C=O) groups is 3. The van der Waals surface area contributed by atoms with Gasteiger partial charge in [-0.15, -0.1) is 0 Å². The van der Waals surface area contributed by atoms with Crippen LogP contribution in [0.2, 0.25) is 0 Å². The summed E-state index contributed by atoms with van der Waals surface area (Å²) in [6.07, 6.45) is -0.198. The fraction of sp³-hybridized carbons (Fsp3) is 0.190. The lowest BCUT2D eigenvalue weighted by molar-refractivity contribution is -0.380. The molecule has 180 valence electrons. The summed E-state index contributed by atoms with van der Waals surface area (Å²) in [6.45, 7) is 1.63. The Morgan fingerprint density at radius 1 is 1.34 bits per heavy atom. The average Bonchev–Trinajstić information content (AvgIpc) is 3.44. The summed E-state index contributed by atoms with van der Waals surface area (Å²) in [5.74, 6) is -1.61. The second-order valence-corrected chi connectivity index (χ2v) is 8.35. The Morgan fingerprint density at radius 2 is 2.14 bits per heavy atom. The van der Waals surface area contributed by atoms with Gasteiger partial charge in [-0.25, -0.2) is 19.2 Å². The number of aromatic nitrogens is 2. The number of pyridine rings is 1. The molecule has 0 saturated carbocycles. The Kier molecular flexibility index (Phi) is 6.64. The molecule has 3 amide bonds. The number of thiazole rings is 1. The van der Waals surface area contributed by atoms with Crippen molar-refractivity contribution in [3.8, 4) is 11.3 Å². The SMILES string of the molecule is CC(=O)NCC1CN(c2ccc(-c3cccc(C(=O)Nc4ncc([N+](=O)[O-])s4)n3)c(F)c2)C(=O)O1. The van der Waals surface area contributed by atoms with E-state index < -0.39 is 28.8 Å². The van der Waals surface area contributed by atoms with Gasteiger partial charge < -0.3 is 10.1 Å². The summed E-state index contributed by atoms with van der Waals surface area (Å²) < 4.78 is 20.2. The predicted molar refractivity (Wildman–Crippen MR) is 123 cm³/mol. The molecule has 4 rings (SSSR count). The number of ether oxygens (including phenoxy) is 1. The molecule has 1 unspecified atom stereocenters. The molecule has 12 nitrogen and oxygen atoms in total. The van der Waals surface area contributed by atoms with Crippen LogP contribution in [0.15, 0.2) is 42.6 Å². The average molecular weight is 500 g/mol. The highest BCUT2D eigenvalue weighted by atomic mass is 32.1. The fourth-order valence-corrected chi connectivity index (χ4v) is 3.88. The van der Waals surface area contributed by atoms with Crippen LogP contribution in [-0.2, 0) is 9.53 Å². The van der Waals surface area contributed by atoms with Crippen LogP contribution in [-0.4, -0.2) is 52.0 Å². The number of amides is 3.